The second kappa shape index (κ2) is 4.61. The van der Waals surface area contributed by atoms with Crippen molar-refractivity contribution < 1.29 is 4.79 Å². The maximum absolute atomic E-state index is 11.4. The molecular formula is C10H20N2O. The first-order chi connectivity index (χ1) is 6.22. The summed E-state index contributed by atoms with van der Waals surface area (Å²) in [6.07, 6.45) is 6.04. The summed E-state index contributed by atoms with van der Waals surface area (Å²) >= 11 is 0. The Morgan fingerprint density at radius 1 is 1.46 bits per heavy atom. The van der Waals surface area contributed by atoms with Gasteiger partial charge < -0.3 is 11.1 Å². The zero-order valence-electron chi connectivity index (χ0n) is 8.44. The van der Waals surface area contributed by atoms with E-state index in [0.29, 0.717) is 13.0 Å². The van der Waals surface area contributed by atoms with E-state index in [0.717, 1.165) is 19.3 Å². The fourth-order valence-corrected chi connectivity index (χ4v) is 2.02. The average molecular weight is 184 g/mol. The van der Waals surface area contributed by atoms with Crippen molar-refractivity contribution in [1.29, 1.82) is 0 Å². The average Bonchev–Trinajstić information content (AvgIpc) is 2.54. The molecule has 1 aliphatic carbocycles. The first-order valence-corrected chi connectivity index (χ1v) is 5.23. The zero-order valence-corrected chi connectivity index (χ0v) is 8.44. The van der Waals surface area contributed by atoms with Crippen LogP contribution in [0.1, 0.15) is 45.4 Å². The smallest absolute Gasteiger partial charge is 0.220 e. The van der Waals surface area contributed by atoms with Crippen LogP contribution in [0.2, 0.25) is 0 Å². The molecule has 3 nitrogen and oxygen atoms in total. The summed E-state index contributed by atoms with van der Waals surface area (Å²) in [5, 5.41) is 3.08. The monoisotopic (exact) mass is 184 g/mol. The molecule has 1 rings (SSSR count). The highest BCUT2D eigenvalue weighted by Crippen LogP contribution is 2.28. The SMILES string of the molecule is CCCC(=O)NC1(CN)CCCC1. The van der Waals surface area contributed by atoms with E-state index in [4.69, 9.17) is 5.73 Å². The third-order valence-electron chi connectivity index (χ3n) is 2.83. The van der Waals surface area contributed by atoms with Gasteiger partial charge in [-0.3, -0.25) is 4.79 Å². The first-order valence-electron chi connectivity index (χ1n) is 5.23. The Kier molecular flexibility index (Phi) is 3.72. The third-order valence-corrected chi connectivity index (χ3v) is 2.83. The molecule has 0 aromatic rings. The van der Waals surface area contributed by atoms with E-state index in [9.17, 15) is 4.79 Å². The molecule has 1 amide bonds. The summed E-state index contributed by atoms with van der Waals surface area (Å²) in [5.74, 6) is 0.162. The number of carbonyl (C=O) groups is 1. The lowest BCUT2D eigenvalue weighted by Gasteiger charge is -2.28. The maximum Gasteiger partial charge on any atom is 0.220 e. The Labute approximate surface area is 80.1 Å². The second-order valence-corrected chi connectivity index (χ2v) is 3.99. The number of carbonyl (C=O) groups excluding carboxylic acids is 1. The summed E-state index contributed by atoms with van der Waals surface area (Å²) in [5.41, 5.74) is 5.64. The van der Waals surface area contributed by atoms with Gasteiger partial charge in [0.05, 0.1) is 5.54 Å². The van der Waals surface area contributed by atoms with E-state index in [1.54, 1.807) is 0 Å². The van der Waals surface area contributed by atoms with Crippen molar-refractivity contribution in [3.63, 3.8) is 0 Å². The lowest BCUT2D eigenvalue weighted by molar-refractivity contribution is -0.122. The molecule has 3 heteroatoms. The van der Waals surface area contributed by atoms with Gasteiger partial charge in [0.25, 0.3) is 0 Å². The number of nitrogens with one attached hydrogen (secondary N) is 1. The van der Waals surface area contributed by atoms with Gasteiger partial charge in [0.15, 0.2) is 0 Å². The van der Waals surface area contributed by atoms with Gasteiger partial charge in [0.1, 0.15) is 0 Å². The van der Waals surface area contributed by atoms with Crippen LogP contribution in [-0.4, -0.2) is 18.0 Å². The molecule has 0 aliphatic heterocycles. The Morgan fingerprint density at radius 2 is 2.08 bits per heavy atom. The highest BCUT2D eigenvalue weighted by atomic mass is 16.1. The van der Waals surface area contributed by atoms with Crippen molar-refractivity contribution in [2.75, 3.05) is 6.54 Å². The molecule has 0 aromatic heterocycles. The van der Waals surface area contributed by atoms with Crippen LogP contribution >= 0.6 is 0 Å². The van der Waals surface area contributed by atoms with E-state index < -0.39 is 0 Å². The molecule has 0 radical (unpaired) electrons. The molecule has 1 aliphatic rings. The largest absolute Gasteiger partial charge is 0.349 e. The molecule has 0 saturated heterocycles. The van der Waals surface area contributed by atoms with E-state index in [2.05, 4.69) is 5.32 Å². The number of rotatable bonds is 4. The van der Waals surface area contributed by atoms with Gasteiger partial charge in [0.2, 0.25) is 5.91 Å². The van der Waals surface area contributed by atoms with Crippen LogP contribution in [0.4, 0.5) is 0 Å². The van der Waals surface area contributed by atoms with Crippen molar-refractivity contribution in [2.45, 2.75) is 51.0 Å². The van der Waals surface area contributed by atoms with Crippen molar-refractivity contribution >= 4 is 5.91 Å². The second-order valence-electron chi connectivity index (χ2n) is 3.99. The molecule has 3 N–H and O–H groups in total. The molecule has 76 valence electrons. The molecule has 1 fully saturated rings. The van der Waals surface area contributed by atoms with Crippen LogP contribution in [0, 0.1) is 0 Å². The number of nitrogens with two attached hydrogens (primary N) is 1. The molecule has 0 spiro atoms. The van der Waals surface area contributed by atoms with E-state index in [1.807, 2.05) is 6.92 Å². The predicted octanol–water partition coefficient (Wildman–Crippen LogP) is 1.17. The predicted molar refractivity (Wildman–Crippen MR) is 53.3 cm³/mol. The van der Waals surface area contributed by atoms with Crippen LogP contribution < -0.4 is 11.1 Å². The van der Waals surface area contributed by atoms with Gasteiger partial charge >= 0.3 is 0 Å². The Balaban J connectivity index is 2.43. The van der Waals surface area contributed by atoms with Crippen molar-refractivity contribution in [2.24, 2.45) is 5.73 Å². The topological polar surface area (TPSA) is 55.1 Å². The Bertz CT molecular complexity index is 174. The van der Waals surface area contributed by atoms with E-state index >= 15 is 0 Å². The van der Waals surface area contributed by atoms with Crippen LogP contribution in [0.25, 0.3) is 0 Å². The molecule has 0 unspecified atom stereocenters. The summed E-state index contributed by atoms with van der Waals surface area (Å²) in [4.78, 5) is 11.4. The molecule has 0 bridgehead atoms. The lowest BCUT2D eigenvalue weighted by Crippen LogP contribution is -2.51. The molecule has 0 heterocycles. The maximum atomic E-state index is 11.4. The zero-order chi connectivity index (χ0) is 9.73. The summed E-state index contributed by atoms with van der Waals surface area (Å²) < 4.78 is 0. The first kappa shape index (κ1) is 10.5. The Morgan fingerprint density at radius 3 is 2.54 bits per heavy atom. The van der Waals surface area contributed by atoms with E-state index in [-0.39, 0.29) is 11.4 Å². The number of hydrogen-bond donors (Lipinski definition) is 2. The molecular weight excluding hydrogens is 164 g/mol. The van der Waals surface area contributed by atoms with Gasteiger partial charge in [-0.25, -0.2) is 0 Å². The quantitative estimate of drug-likeness (QED) is 0.689. The minimum absolute atomic E-state index is 0.0632. The van der Waals surface area contributed by atoms with E-state index in [1.165, 1.54) is 12.8 Å². The summed E-state index contributed by atoms with van der Waals surface area (Å²) in [6.45, 7) is 2.60. The van der Waals surface area contributed by atoms with Crippen molar-refractivity contribution in [3.8, 4) is 0 Å². The Hall–Kier alpha value is -0.570. The highest BCUT2D eigenvalue weighted by Gasteiger charge is 2.33. The van der Waals surface area contributed by atoms with Crippen molar-refractivity contribution in [3.05, 3.63) is 0 Å². The minimum atomic E-state index is -0.0632. The lowest BCUT2D eigenvalue weighted by atomic mass is 9.97. The van der Waals surface area contributed by atoms with Crippen LogP contribution in [0.5, 0.6) is 0 Å². The van der Waals surface area contributed by atoms with Crippen LogP contribution in [-0.2, 0) is 4.79 Å². The number of amides is 1. The normalized spacial score (nSPS) is 20.2. The van der Waals surface area contributed by atoms with Gasteiger partial charge in [-0.1, -0.05) is 19.8 Å². The minimum Gasteiger partial charge on any atom is -0.349 e. The fraction of sp³-hybridized carbons (Fsp3) is 0.900. The van der Waals surface area contributed by atoms with Crippen LogP contribution in [0.3, 0.4) is 0 Å². The highest BCUT2D eigenvalue weighted by molar-refractivity contribution is 5.76. The number of hydrogen-bond acceptors (Lipinski definition) is 2. The molecule has 0 atom stereocenters. The molecule has 0 aromatic carbocycles. The van der Waals surface area contributed by atoms with Gasteiger partial charge in [-0.15, -0.1) is 0 Å². The molecule has 13 heavy (non-hydrogen) atoms. The van der Waals surface area contributed by atoms with Gasteiger partial charge in [0, 0.05) is 13.0 Å². The van der Waals surface area contributed by atoms with Crippen molar-refractivity contribution in [1.82, 2.24) is 5.32 Å². The standard InChI is InChI=1S/C10H20N2O/c1-2-5-9(13)12-10(8-11)6-3-4-7-10/h2-8,11H2,1H3,(H,12,13). The third kappa shape index (κ3) is 2.69. The molecule has 1 saturated carbocycles. The van der Waals surface area contributed by atoms with Gasteiger partial charge in [-0.05, 0) is 19.3 Å². The van der Waals surface area contributed by atoms with Crippen LogP contribution in [0.15, 0.2) is 0 Å². The van der Waals surface area contributed by atoms with Gasteiger partial charge in [-0.2, -0.15) is 0 Å². The summed E-state index contributed by atoms with van der Waals surface area (Å²) in [7, 11) is 0. The fourth-order valence-electron chi connectivity index (χ4n) is 2.02. The summed E-state index contributed by atoms with van der Waals surface area (Å²) in [6, 6.07) is 0.